The average Bonchev–Trinajstić information content (AvgIpc) is 2.22. The van der Waals surface area contributed by atoms with Crippen LogP contribution in [-0.4, -0.2) is 21.6 Å². The molecule has 16 heavy (non-hydrogen) atoms. The van der Waals surface area contributed by atoms with Crippen LogP contribution in [0.15, 0.2) is 15.8 Å². The molecule has 1 aromatic rings. The second kappa shape index (κ2) is 4.65. The number of aromatic nitrogens is 2. The third-order valence-corrected chi connectivity index (χ3v) is 2.03. The second-order valence-electron chi connectivity index (χ2n) is 3.32. The lowest BCUT2D eigenvalue weighted by Crippen LogP contribution is -2.43. The summed E-state index contributed by atoms with van der Waals surface area (Å²) in [6.45, 7) is 1.87. The first-order valence-electron chi connectivity index (χ1n) is 4.80. The van der Waals surface area contributed by atoms with Crippen molar-refractivity contribution in [2.75, 3.05) is 12.3 Å². The van der Waals surface area contributed by atoms with Gasteiger partial charge in [-0.2, -0.15) is 0 Å². The van der Waals surface area contributed by atoms with Gasteiger partial charge in [0.25, 0.3) is 5.56 Å². The zero-order chi connectivity index (χ0) is 12.3. The molecule has 7 nitrogen and oxygen atoms in total. The zero-order valence-electron chi connectivity index (χ0n) is 9.19. The molecule has 0 aliphatic carbocycles. The molecule has 0 fully saturated rings. The molecule has 0 saturated heterocycles. The van der Waals surface area contributed by atoms with Gasteiger partial charge in [0, 0.05) is 19.8 Å². The largest absolute Gasteiger partial charge is 0.393 e. The maximum atomic E-state index is 11.6. The van der Waals surface area contributed by atoms with E-state index in [1.54, 1.807) is 6.92 Å². The van der Waals surface area contributed by atoms with Gasteiger partial charge in [-0.05, 0) is 6.92 Å². The number of nitrogens with zero attached hydrogens (tertiary/aromatic N) is 2. The first kappa shape index (κ1) is 12.0. The van der Waals surface area contributed by atoms with Gasteiger partial charge >= 0.3 is 5.69 Å². The highest BCUT2D eigenvalue weighted by atomic mass is 16.2. The molecule has 0 radical (unpaired) electrons. The number of anilines is 1. The average molecular weight is 226 g/mol. The first-order valence-corrected chi connectivity index (χ1v) is 4.80. The Hall–Kier alpha value is -2.05. The lowest BCUT2D eigenvalue weighted by Gasteiger charge is -2.07. The highest BCUT2D eigenvalue weighted by molar-refractivity contribution is 5.75. The van der Waals surface area contributed by atoms with Gasteiger partial charge in [0.2, 0.25) is 5.91 Å². The molecule has 0 saturated carbocycles. The van der Waals surface area contributed by atoms with Crippen molar-refractivity contribution in [2.24, 2.45) is 7.05 Å². The molecule has 0 aliphatic heterocycles. The van der Waals surface area contributed by atoms with Crippen molar-refractivity contribution < 1.29 is 4.79 Å². The third kappa shape index (κ3) is 2.30. The second-order valence-corrected chi connectivity index (χ2v) is 3.32. The monoisotopic (exact) mass is 226 g/mol. The number of carbonyl (C=O) groups is 1. The highest BCUT2D eigenvalue weighted by Gasteiger charge is 2.10. The van der Waals surface area contributed by atoms with Crippen LogP contribution in [0.25, 0.3) is 0 Å². The summed E-state index contributed by atoms with van der Waals surface area (Å²) in [5.74, 6) is -0.396. The number of likely N-dealkylation sites (N-methyl/N-ethyl adjacent to an activating group) is 1. The Morgan fingerprint density at radius 1 is 1.50 bits per heavy atom. The van der Waals surface area contributed by atoms with E-state index in [2.05, 4.69) is 5.32 Å². The van der Waals surface area contributed by atoms with Crippen LogP contribution in [-0.2, 0) is 18.4 Å². The molecular formula is C9H14N4O3. The lowest BCUT2D eigenvalue weighted by molar-refractivity contribution is -0.121. The summed E-state index contributed by atoms with van der Waals surface area (Å²) in [5, 5.41) is 2.50. The minimum Gasteiger partial charge on any atom is -0.393 e. The van der Waals surface area contributed by atoms with Gasteiger partial charge in [-0.3, -0.25) is 9.59 Å². The number of hydrogen-bond acceptors (Lipinski definition) is 4. The van der Waals surface area contributed by atoms with Crippen molar-refractivity contribution in [3.8, 4) is 0 Å². The van der Waals surface area contributed by atoms with E-state index in [0.29, 0.717) is 6.54 Å². The lowest BCUT2D eigenvalue weighted by atomic mass is 10.4. The summed E-state index contributed by atoms with van der Waals surface area (Å²) in [5.41, 5.74) is 4.14. The summed E-state index contributed by atoms with van der Waals surface area (Å²) in [6.07, 6.45) is 1.24. The van der Waals surface area contributed by atoms with Crippen LogP contribution in [0.5, 0.6) is 0 Å². The Morgan fingerprint density at radius 2 is 2.12 bits per heavy atom. The van der Waals surface area contributed by atoms with Crippen LogP contribution >= 0.6 is 0 Å². The number of nitrogens with two attached hydrogens (primary N) is 1. The summed E-state index contributed by atoms with van der Waals surface area (Å²) in [7, 11) is 1.46. The minimum absolute atomic E-state index is 0.0635. The van der Waals surface area contributed by atoms with Crippen LogP contribution < -0.4 is 22.3 Å². The number of nitrogen functional groups attached to an aromatic ring is 1. The van der Waals surface area contributed by atoms with E-state index < -0.39 is 17.2 Å². The number of nitrogens with one attached hydrogen (secondary N) is 1. The molecule has 88 valence electrons. The van der Waals surface area contributed by atoms with Crippen molar-refractivity contribution >= 4 is 11.6 Å². The number of aryl methyl sites for hydroxylation is 1. The van der Waals surface area contributed by atoms with Crippen LogP contribution in [0.3, 0.4) is 0 Å². The van der Waals surface area contributed by atoms with Crippen LogP contribution in [0.1, 0.15) is 6.92 Å². The van der Waals surface area contributed by atoms with E-state index in [1.807, 2.05) is 0 Å². The number of amides is 1. The van der Waals surface area contributed by atoms with Crippen molar-refractivity contribution in [3.05, 3.63) is 27.0 Å². The summed E-state index contributed by atoms with van der Waals surface area (Å²) < 4.78 is 1.97. The van der Waals surface area contributed by atoms with Gasteiger partial charge < -0.3 is 15.6 Å². The standard InChI is InChI=1S/C9H14N4O3/c1-3-11-7(14)5-13-8(15)6(10)4-12(2)9(13)16/h4H,3,5,10H2,1-2H3,(H,11,14). The minimum atomic E-state index is -0.644. The van der Waals surface area contributed by atoms with Gasteiger partial charge in [-0.25, -0.2) is 9.36 Å². The third-order valence-electron chi connectivity index (χ3n) is 2.03. The molecule has 1 aromatic heterocycles. The number of rotatable bonds is 3. The Labute approximate surface area is 91.5 Å². The van der Waals surface area contributed by atoms with Crippen molar-refractivity contribution in [1.29, 1.82) is 0 Å². The van der Waals surface area contributed by atoms with E-state index in [9.17, 15) is 14.4 Å². The molecule has 0 atom stereocenters. The SMILES string of the molecule is CCNC(=O)Cn1c(=O)c(N)cn(C)c1=O. The van der Waals surface area contributed by atoms with Crippen LogP contribution in [0, 0.1) is 0 Å². The Bertz CT molecular complexity index is 480. The molecule has 0 unspecified atom stereocenters. The molecule has 0 bridgehead atoms. The Balaban J connectivity index is 3.18. The van der Waals surface area contributed by atoms with Gasteiger partial charge in [-0.15, -0.1) is 0 Å². The fraction of sp³-hybridized carbons (Fsp3) is 0.444. The molecule has 0 spiro atoms. The normalized spacial score (nSPS) is 10.1. The smallest absolute Gasteiger partial charge is 0.331 e. The topological polar surface area (TPSA) is 99.1 Å². The molecule has 0 aromatic carbocycles. The van der Waals surface area contributed by atoms with Crippen molar-refractivity contribution in [2.45, 2.75) is 13.5 Å². The maximum Gasteiger partial charge on any atom is 0.331 e. The molecule has 1 heterocycles. The van der Waals surface area contributed by atoms with E-state index in [4.69, 9.17) is 5.73 Å². The molecular weight excluding hydrogens is 212 g/mol. The summed E-state index contributed by atoms with van der Waals surface area (Å²) >= 11 is 0. The molecule has 7 heteroatoms. The fourth-order valence-electron chi connectivity index (χ4n) is 1.29. The van der Waals surface area contributed by atoms with Gasteiger partial charge in [0.05, 0.1) is 0 Å². The maximum absolute atomic E-state index is 11.6. The molecule has 0 aliphatic rings. The quantitative estimate of drug-likeness (QED) is 0.639. The summed E-state index contributed by atoms with van der Waals surface area (Å²) in [6, 6.07) is 0. The molecule has 1 amide bonds. The predicted molar refractivity (Wildman–Crippen MR) is 59.0 cm³/mol. The van der Waals surface area contributed by atoms with E-state index in [1.165, 1.54) is 13.2 Å². The Kier molecular flexibility index (Phi) is 3.49. The van der Waals surface area contributed by atoms with Gasteiger partial charge in [0.15, 0.2) is 0 Å². The van der Waals surface area contributed by atoms with Crippen molar-refractivity contribution in [1.82, 2.24) is 14.5 Å². The highest BCUT2D eigenvalue weighted by Crippen LogP contribution is 1.86. The summed E-state index contributed by atoms with van der Waals surface area (Å²) in [4.78, 5) is 34.4. The van der Waals surface area contributed by atoms with Crippen LogP contribution in [0.2, 0.25) is 0 Å². The van der Waals surface area contributed by atoms with Crippen LogP contribution in [0.4, 0.5) is 5.69 Å². The van der Waals surface area contributed by atoms with E-state index >= 15 is 0 Å². The molecule has 3 N–H and O–H groups in total. The Morgan fingerprint density at radius 3 is 2.69 bits per heavy atom. The predicted octanol–water partition coefficient (Wildman–Crippen LogP) is -1.73. The zero-order valence-corrected chi connectivity index (χ0v) is 9.19. The molecule has 1 rings (SSSR count). The fourth-order valence-corrected chi connectivity index (χ4v) is 1.29. The number of hydrogen-bond donors (Lipinski definition) is 2. The van der Waals surface area contributed by atoms with Gasteiger partial charge in [-0.1, -0.05) is 0 Å². The van der Waals surface area contributed by atoms with Gasteiger partial charge in [0.1, 0.15) is 12.2 Å². The van der Waals surface area contributed by atoms with E-state index in [-0.39, 0.29) is 12.2 Å². The van der Waals surface area contributed by atoms with E-state index in [0.717, 1.165) is 9.13 Å². The first-order chi connectivity index (χ1) is 7.47. The number of carbonyl (C=O) groups excluding carboxylic acids is 1. The van der Waals surface area contributed by atoms with Crippen molar-refractivity contribution in [3.63, 3.8) is 0 Å².